The molecule has 4 aromatic rings. The summed E-state index contributed by atoms with van der Waals surface area (Å²) in [7, 11) is 0. The summed E-state index contributed by atoms with van der Waals surface area (Å²) in [5, 5.41) is 4.00. The van der Waals surface area contributed by atoms with Gasteiger partial charge in [-0.1, -0.05) is 39.7 Å². The topological polar surface area (TPSA) is 47.8 Å². The van der Waals surface area contributed by atoms with Gasteiger partial charge in [0.15, 0.2) is 0 Å². The van der Waals surface area contributed by atoms with Crippen LogP contribution in [0.25, 0.3) is 21.5 Å². The lowest BCUT2D eigenvalue weighted by Gasteiger charge is -2.05. The molecular weight excluding hydrogens is 422 g/mol. The Hall–Kier alpha value is -2.02. The zero-order valence-electron chi connectivity index (χ0n) is 12.8. The molecule has 0 amide bonds. The Kier molecular flexibility index (Phi) is 4.41. The molecule has 0 fully saturated rings. The summed E-state index contributed by atoms with van der Waals surface area (Å²) < 4.78 is 2.58. The van der Waals surface area contributed by atoms with Crippen molar-refractivity contribution in [2.75, 3.05) is 0 Å². The van der Waals surface area contributed by atoms with Gasteiger partial charge in [0.2, 0.25) is 0 Å². The van der Waals surface area contributed by atoms with Gasteiger partial charge in [-0.2, -0.15) is 0 Å². The lowest BCUT2D eigenvalue weighted by Crippen LogP contribution is -2.21. The molecule has 0 aliphatic rings. The second-order valence-electron chi connectivity index (χ2n) is 5.49. The third kappa shape index (κ3) is 3.38. The molecule has 0 aliphatic heterocycles. The average molecular weight is 433 g/mol. The molecule has 2 heterocycles. The SMILES string of the molecule is O=c1c2ccc(Cl)cc2ncn1Cc1csc(-c2cccc(Br)c2)n1. The standard InChI is InChI=1S/C18H11BrClN3OS/c19-12-3-1-2-11(6-12)17-22-14(9-25-17)8-23-10-21-16-7-13(20)4-5-15(16)18(23)24/h1-7,9-10H,8H2. The molecule has 0 spiro atoms. The van der Waals surface area contributed by atoms with Crippen LogP contribution in [0.5, 0.6) is 0 Å². The van der Waals surface area contributed by atoms with Crippen LogP contribution in [0.2, 0.25) is 5.02 Å². The van der Waals surface area contributed by atoms with E-state index in [0.717, 1.165) is 20.7 Å². The van der Waals surface area contributed by atoms with E-state index in [9.17, 15) is 4.79 Å². The van der Waals surface area contributed by atoms with Crippen LogP contribution >= 0.6 is 38.9 Å². The van der Waals surface area contributed by atoms with Crippen molar-refractivity contribution >= 4 is 49.8 Å². The number of hydrogen-bond acceptors (Lipinski definition) is 4. The van der Waals surface area contributed by atoms with Gasteiger partial charge in [-0.25, -0.2) is 9.97 Å². The molecule has 25 heavy (non-hydrogen) atoms. The molecule has 0 saturated heterocycles. The number of benzene rings is 2. The first kappa shape index (κ1) is 16.4. The number of fused-ring (bicyclic) bond motifs is 1. The van der Waals surface area contributed by atoms with E-state index in [0.29, 0.717) is 22.5 Å². The number of hydrogen-bond donors (Lipinski definition) is 0. The van der Waals surface area contributed by atoms with E-state index in [1.54, 1.807) is 40.4 Å². The molecule has 0 atom stereocenters. The maximum atomic E-state index is 12.6. The maximum Gasteiger partial charge on any atom is 0.261 e. The average Bonchev–Trinajstić information content (AvgIpc) is 3.06. The molecule has 0 aliphatic carbocycles. The number of aromatic nitrogens is 3. The van der Waals surface area contributed by atoms with E-state index < -0.39 is 0 Å². The summed E-state index contributed by atoms with van der Waals surface area (Å²) in [5.41, 5.74) is 2.38. The van der Waals surface area contributed by atoms with Crippen LogP contribution in [0.4, 0.5) is 0 Å². The highest BCUT2D eigenvalue weighted by atomic mass is 79.9. The minimum atomic E-state index is -0.0985. The Balaban J connectivity index is 1.67. The van der Waals surface area contributed by atoms with Crippen molar-refractivity contribution in [3.8, 4) is 10.6 Å². The van der Waals surface area contributed by atoms with Gasteiger partial charge >= 0.3 is 0 Å². The van der Waals surface area contributed by atoms with Crippen LogP contribution in [0.15, 0.2) is 63.4 Å². The number of halogens is 2. The number of thiazole rings is 1. The van der Waals surface area contributed by atoms with Gasteiger partial charge in [-0.15, -0.1) is 11.3 Å². The summed E-state index contributed by atoms with van der Waals surface area (Å²) in [6, 6.07) is 13.1. The summed E-state index contributed by atoms with van der Waals surface area (Å²) in [5.74, 6) is 0. The van der Waals surface area contributed by atoms with Gasteiger partial charge in [0.05, 0.1) is 29.5 Å². The first-order chi connectivity index (χ1) is 12.1. The highest BCUT2D eigenvalue weighted by Gasteiger charge is 2.09. The zero-order valence-corrected chi connectivity index (χ0v) is 16.0. The Labute approximate surface area is 160 Å². The van der Waals surface area contributed by atoms with E-state index in [1.165, 1.54) is 0 Å². The predicted octanol–water partition coefficient (Wildman–Crippen LogP) is 4.98. The van der Waals surface area contributed by atoms with Crippen molar-refractivity contribution in [2.45, 2.75) is 6.54 Å². The van der Waals surface area contributed by atoms with Gasteiger partial charge in [0.1, 0.15) is 5.01 Å². The molecule has 2 aromatic heterocycles. The largest absolute Gasteiger partial charge is 0.293 e. The molecule has 7 heteroatoms. The first-order valence-electron chi connectivity index (χ1n) is 7.45. The summed E-state index contributed by atoms with van der Waals surface area (Å²) in [6.07, 6.45) is 1.54. The number of nitrogens with zero attached hydrogens (tertiary/aromatic N) is 3. The zero-order chi connectivity index (χ0) is 17.4. The van der Waals surface area contributed by atoms with Gasteiger partial charge in [-0.3, -0.25) is 9.36 Å². The van der Waals surface area contributed by atoms with E-state index in [-0.39, 0.29) is 5.56 Å². The van der Waals surface area contributed by atoms with Crippen molar-refractivity contribution in [1.82, 2.24) is 14.5 Å². The molecule has 0 saturated carbocycles. The fourth-order valence-corrected chi connectivity index (χ4v) is 3.93. The molecule has 4 rings (SSSR count). The van der Waals surface area contributed by atoms with Crippen LogP contribution in [0.3, 0.4) is 0 Å². The van der Waals surface area contributed by atoms with Gasteiger partial charge in [-0.05, 0) is 30.3 Å². The van der Waals surface area contributed by atoms with E-state index in [1.807, 2.05) is 29.6 Å². The van der Waals surface area contributed by atoms with Gasteiger partial charge in [0, 0.05) is 20.4 Å². The molecule has 124 valence electrons. The third-order valence-corrected chi connectivity index (χ3v) is 5.41. The second kappa shape index (κ2) is 6.71. The summed E-state index contributed by atoms with van der Waals surface area (Å²) in [4.78, 5) is 21.6. The van der Waals surface area contributed by atoms with E-state index in [2.05, 4.69) is 25.9 Å². The Morgan fingerprint density at radius 3 is 2.92 bits per heavy atom. The third-order valence-electron chi connectivity index (χ3n) is 3.74. The van der Waals surface area contributed by atoms with Crippen molar-refractivity contribution in [3.05, 3.63) is 79.7 Å². The van der Waals surface area contributed by atoms with Crippen LogP contribution in [0, 0.1) is 0 Å². The normalized spacial score (nSPS) is 11.1. The first-order valence-corrected chi connectivity index (χ1v) is 9.50. The van der Waals surface area contributed by atoms with Crippen molar-refractivity contribution < 1.29 is 0 Å². The maximum absolute atomic E-state index is 12.6. The van der Waals surface area contributed by atoms with Gasteiger partial charge in [0.25, 0.3) is 5.56 Å². The lowest BCUT2D eigenvalue weighted by molar-refractivity contribution is 0.734. The molecule has 2 aromatic carbocycles. The van der Waals surface area contributed by atoms with Gasteiger partial charge < -0.3 is 0 Å². The van der Waals surface area contributed by atoms with Crippen LogP contribution in [0.1, 0.15) is 5.69 Å². The minimum Gasteiger partial charge on any atom is -0.293 e. The Bertz CT molecular complexity index is 1140. The van der Waals surface area contributed by atoms with Crippen molar-refractivity contribution in [2.24, 2.45) is 0 Å². The summed E-state index contributed by atoms with van der Waals surface area (Å²) >= 11 is 11.0. The molecule has 0 N–H and O–H groups in total. The quantitative estimate of drug-likeness (QED) is 0.458. The minimum absolute atomic E-state index is 0.0985. The Morgan fingerprint density at radius 2 is 2.08 bits per heavy atom. The van der Waals surface area contributed by atoms with Crippen LogP contribution in [-0.4, -0.2) is 14.5 Å². The van der Waals surface area contributed by atoms with Crippen LogP contribution in [-0.2, 0) is 6.54 Å². The molecule has 4 nitrogen and oxygen atoms in total. The molecular formula is C18H11BrClN3OS. The molecule has 0 radical (unpaired) electrons. The monoisotopic (exact) mass is 431 g/mol. The second-order valence-corrected chi connectivity index (χ2v) is 7.70. The smallest absolute Gasteiger partial charge is 0.261 e. The van der Waals surface area contributed by atoms with Crippen molar-refractivity contribution in [3.63, 3.8) is 0 Å². The lowest BCUT2D eigenvalue weighted by atomic mass is 10.2. The highest BCUT2D eigenvalue weighted by molar-refractivity contribution is 9.10. The number of rotatable bonds is 3. The highest BCUT2D eigenvalue weighted by Crippen LogP contribution is 2.26. The van der Waals surface area contributed by atoms with E-state index >= 15 is 0 Å². The Morgan fingerprint density at radius 1 is 1.20 bits per heavy atom. The molecule has 0 bridgehead atoms. The summed E-state index contributed by atoms with van der Waals surface area (Å²) in [6.45, 7) is 0.384. The predicted molar refractivity (Wildman–Crippen MR) is 105 cm³/mol. The van der Waals surface area contributed by atoms with Crippen molar-refractivity contribution in [1.29, 1.82) is 0 Å². The van der Waals surface area contributed by atoms with E-state index in [4.69, 9.17) is 11.6 Å². The fourth-order valence-electron chi connectivity index (χ4n) is 2.55. The molecule has 0 unspecified atom stereocenters. The fraction of sp³-hybridized carbons (Fsp3) is 0.0556. The van der Waals surface area contributed by atoms with Crippen LogP contribution < -0.4 is 5.56 Å².